The highest BCUT2D eigenvalue weighted by molar-refractivity contribution is 5.97. The molecule has 0 fully saturated rings. The maximum absolute atomic E-state index is 14.2. The number of carbonyl (C=O) groups is 1. The zero-order chi connectivity index (χ0) is 28.5. The van der Waals surface area contributed by atoms with Gasteiger partial charge < -0.3 is 14.2 Å². The number of ketones is 1. The van der Waals surface area contributed by atoms with E-state index in [1.54, 1.807) is 18.3 Å². The summed E-state index contributed by atoms with van der Waals surface area (Å²) >= 11 is 0. The van der Waals surface area contributed by atoms with E-state index in [0.29, 0.717) is 17.7 Å². The van der Waals surface area contributed by atoms with E-state index in [9.17, 15) is 14.4 Å². The number of halogens is 1. The van der Waals surface area contributed by atoms with Crippen molar-refractivity contribution in [2.75, 3.05) is 31.1 Å². The summed E-state index contributed by atoms with van der Waals surface area (Å²) in [5.41, 5.74) is 5.40. The first-order valence-electron chi connectivity index (χ1n) is 13.1. The fraction of sp³-hybridized carbons (Fsp3) is 0.267. The molecule has 0 atom stereocenters. The summed E-state index contributed by atoms with van der Waals surface area (Å²) < 4.78 is 21.8. The van der Waals surface area contributed by atoms with Crippen LogP contribution in [-0.4, -0.2) is 56.4 Å². The molecule has 0 aliphatic carbocycles. The largest absolute Gasteiger partial charge is 0.458 e. The van der Waals surface area contributed by atoms with Gasteiger partial charge in [0.25, 0.3) is 0 Å². The Morgan fingerprint density at radius 1 is 1.05 bits per heavy atom. The van der Waals surface area contributed by atoms with E-state index < -0.39 is 5.82 Å². The molecule has 2 aromatic heterocycles. The second kappa shape index (κ2) is 10.8. The topological polar surface area (TPSA) is 124 Å². The Hall–Kier alpha value is -5.13. The molecule has 204 valence electrons. The van der Waals surface area contributed by atoms with Crippen LogP contribution >= 0.6 is 0 Å². The van der Waals surface area contributed by atoms with Gasteiger partial charge in [0.05, 0.1) is 35.3 Å². The number of nitrogens with zero attached hydrogens (tertiary/aromatic N) is 8. The van der Waals surface area contributed by atoms with Crippen molar-refractivity contribution in [2.24, 2.45) is 0 Å². The van der Waals surface area contributed by atoms with Gasteiger partial charge in [-0.2, -0.15) is 15.5 Å². The Balaban J connectivity index is 1.09. The SMILES string of the molecule is CC(=O)c1ccc2nc(CN3CC4=C(C3)CN(c3ccnc(OCc5ccc(C#N)cc5F)n3)C4)n(CC#N)c2c1. The number of carbonyl (C=O) groups excluding carboxylic acids is 1. The predicted molar refractivity (Wildman–Crippen MR) is 147 cm³/mol. The highest BCUT2D eigenvalue weighted by atomic mass is 19.1. The van der Waals surface area contributed by atoms with E-state index in [4.69, 9.17) is 15.0 Å². The van der Waals surface area contributed by atoms with Gasteiger partial charge in [0.2, 0.25) is 0 Å². The van der Waals surface area contributed by atoms with Crippen LogP contribution in [-0.2, 0) is 19.7 Å². The summed E-state index contributed by atoms with van der Waals surface area (Å²) in [5, 5.41) is 18.3. The molecule has 10 nitrogen and oxygen atoms in total. The first kappa shape index (κ1) is 26.1. The minimum absolute atomic E-state index is 0.0227. The van der Waals surface area contributed by atoms with Crippen molar-refractivity contribution in [1.29, 1.82) is 10.5 Å². The van der Waals surface area contributed by atoms with Gasteiger partial charge >= 0.3 is 6.01 Å². The van der Waals surface area contributed by atoms with Crippen molar-refractivity contribution in [2.45, 2.75) is 26.6 Å². The number of nitriles is 2. The number of anilines is 1. The van der Waals surface area contributed by atoms with Crippen LogP contribution in [0.5, 0.6) is 6.01 Å². The molecule has 0 radical (unpaired) electrons. The van der Waals surface area contributed by atoms with Gasteiger partial charge in [0.1, 0.15) is 30.6 Å². The highest BCUT2D eigenvalue weighted by Gasteiger charge is 2.31. The normalized spacial score (nSPS) is 14.8. The molecule has 0 N–H and O–H groups in total. The molecule has 4 aromatic rings. The standard InChI is InChI=1S/C30H25FN8O2/c1-19(40)21-4-5-26-27(11-21)39(9-7-32)29(35-26)17-37-13-23-15-38(16-24(23)14-37)28-6-8-34-30(36-28)41-18-22-3-2-20(12-33)10-25(22)31/h2-6,8,10-11H,9,13-18H2,1H3. The average Bonchev–Trinajstić information content (AvgIpc) is 3.64. The maximum atomic E-state index is 14.2. The van der Waals surface area contributed by atoms with Crippen LogP contribution in [0.3, 0.4) is 0 Å². The number of Topliss-reactive ketones (excluding diaryl/α,β-unsaturated/α-hetero) is 1. The molecule has 41 heavy (non-hydrogen) atoms. The van der Waals surface area contributed by atoms with E-state index in [2.05, 4.69) is 25.8 Å². The quantitative estimate of drug-likeness (QED) is 0.239. The lowest BCUT2D eigenvalue weighted by atomic mass is 10.1. The Bertz CT molecular complexity index is 1780. The molecule has 2 aromatic carbocycles. The van der Waals surface area contributed by atoms with E-state index in [1.165, 1.54) is 30.2 Å². The van der Waals surface area contributed by atoms with Crippen LogP contribution in [0.15, 0.2) is 59.8 Å². The van der Waals surface area contributed by atoms with Crippen molar-refractivity contribution < 1.29 is 13.9 Å². The van der Waals surface area contributed by atoms with Crippen LogP contribution < -0.4 is 9.64 Å². The molecule has 0 bridgehead atoms. The lowest BCUT2D eigenvalue weighted by Gasteiger charge is -2.23. The van der Waals surface area contributed by atoms with Gasteiger partial charge in [-0.25, -0.2) is 14.4 Å². The summed E-state index contributed by atoms with van der Waals surface area (Å²) in [6.45, 7) is 5.26. The molecule has 4 heterocycles. The first-order chi connectivity index (χ1) is 19.9. The molecule has 2 aliphatic heterocycles. The number of aromatic nitrogens is 4. The number of hydrogen-bond donors (Lipinski definition) is 0. The zero-order valence-electron chi connectivity index (χ0n) is 22.3. The molecule has 0 saturated heterocycles. The van der Waals surface area contributed by atoms with Gasteiger partial charge in [0.15, 0.2) is 5.78 Å². The second-order valence-electron chi connectivity index (χ2n) is 10.1. The van der Waals surface area contributed by atoms with E-state index in [1.807, 2.05) is 28.8 Å². The van der Waals surface area contributed by atoms with Crippen LogP contribution in [0.4, 0.5) is 10.2 Å². The molecule has 0 spiro atoms. The Morgan fingerprint density at radius 2 is 1.85 bits per heavy atom. The second-order valence-corrected chi connectivity index (χ2v) is 10.1. The summed E-state index contributed by atoms with van der Waals surface area (Å²) in [6, 6.07) is 15.8. The summed E-state index contributed by atoms with van der Waals surface area (Å²) in [7, 11) is 0. The van der Waals surface area contributed by atoms with E-state index in [-0.39, 0.29) is 30.5 Å². The summed E-state index contributed by atoms with van der Waals surface area (Å²) in [4.78, 5) is 29.8. The summed E-state index contributed by atoms with van der Waals surface area (Å²) in [6.07, 6.45) is 1.62. The predicted octanol–water partition coefficient (Wildman–Crippen LogP) is 3.77. The van der Waals surface area contributed by atoms with Crippen LogP contribution in [0.25, 0.3) is 11.0 Å². The van der Waals surface area contributed by atoms with Gasteiger partial charge in [-0.05, 0) is 54.5 Å². The fourth-order valence-electron chi connectivity index (χ4n) is 5.35. The molecular formula is C30H25FN8O2. The lowest BCUT2D eigenvalue weighted by Crippen LogP contribution is -2.30. The molecule has 11 heteroatoms. The minimum atomic E-state index is -0.506. The summed E-state index contributed by atoms with van der Waals surface area (Å²) in [5.74, 6) is 1.00. The molecule has 0 unspecified atom stereocenters. The Labute approximate surface area is 235 Å². The van der Waals surface area contributed by atoms with Gasteiger partial charge in [-0.15, -0.1) is 0 Å². The third-order valence-electron chi connectivity index (χ3n) is 7.40. The van der Waals surface area contributed by atoms with Crippen molar-refractivity contribution >= 4 is 22.6 Å². The average molecular weight is 549 g/mol. The number of benzene rings is 2. The zero-order valence-corrected chi connectivity index (χ0v) is 22.3. The molecule has 0 saturated carbocycles. The molecule has 6 rings (SSSR count). The van der Waals surface area contributed by atoms with Gasteiger partial charge in [-0.3, -0.25) is 9.69 Å². The minimum Gasteiger partial charge on any atom is -0.458 e. The van der Waals surface area contributed by atoms with Crippen molar-refractivity contribution in [3.8, 4) is 18.1 Å². The first-order valence-corrected chi connectivity index (χ1v) is 13.1. The van der Waals surface area contributed by atoms with E-state index in [0.717, 1.165) is 48.9 Å². The number of ether oxygens (including phenoxy) is 1. The Morgan fingerprint density at radius 3 is 2.56 bits per heavy atom. The number of hydrogen-bond acceptors (Lipinski definition) is 9. The van der Waals surface area contributed by atoms with Crippen molar-refractivity contribution in [3.63, 3.8) is 0 Å². The van der Waals surface area contributed by atoms with E-state index >= 15 is 0 Å². The fourth-order valence-corrected chi connectivity index (χ4v) is 5.35. The van der Waals surface area contributed by atoms with Crippen LogP contribution in [0, 0.1) is 28.5 Å². The highest BCUT2D eigenvalue weighted by Crippen LogP contribution is 2.30. The molecule has 2 aliphatic rings. The lowest BCUT2D eigenvalue weighted by molar-refractivity contribution is 0.101. The third kappa shape index (κ3) is 5.23. The van der Waals surface area contributed by atoms with Crippen molar-refractivity contribution in [3.05, 3.63) is 88.1 Å². The number of fused-ring (bicyclic) bond motifs is 1. The smallest absolute Gasteiger partial charge is 0.318 e. The number of rotatable bonds is 8. The number of imidazole rings is 1. The van der Waals surface area contributed by atoms with Crippen LogP contribution in [0.1, 0.15) is 34.2 Å². The monoisotopic (exact) mass is 548 g/mol. The molecular weight excluding hydrogens is 523 g/mol. The third-order valence-corrected chi connectivity index (χ3v) is 7.40. The van der Waals surface area contributed by atoms with Crippen LogP contribution in [0.2, 0.25) is 0 Å². The molecule has 0 amide bonds. The van der Waals surface area contributed by atoms with Gasteiger partial charge in [0, 0.05) is 43.5 Å². The maximum Gasteiger partial charge on any atom is 0.318 e. The van der Waals surface area contributed by atoms with Gasteiger partial charge in [-0.1, -0.05) is 6.07 Å². The van der Waals surface area contributed by atoms with Crippen molar-refractivity contribution in [1.82, 2.24) is 24.4 Å². The Kier molecular flexibility index (Phi) is 6.88.